The number of anilines is 1. The molecular formula is C15H21N5OS. The van der Waals surface area contributed by atoms with Crippen molar-refractivity contribution in [2.24, 2.45) is 0 Å². The summed E-state index contributed by atoms with van der Waals surface area (Å²) in [6.45, 7) is 8.04. The quantitative estimate of drug-likeness (QED) is 0.863. The molecule has 2 aromatic rings. The van der Waals surface area contributed by atoms with Gasteiger partial charge in [0.15, 0.2) is 0 Å². The van der Waals surface area contributed by atoms with Crippen molar-refractivity contribution in [3.63, 3.8) is 0 Å². The minimum atomic E-state index is 0.199. The zero-order valence-corrected chi connectivity index (χ0v) is 14.0. The van der Waals surface area contributed by atoms with Gasteiger partial charge in [0.1, 0.15) is 11.9 Å². The van der Waals surface area contributed by atoms with Crippen LogP contribution in [0.3, 0.4) is 0 Å². The number of aryl methyl sites for hydroxylation is 1. The highest BCUT2D eigenvalue weighted by atomic mass is 32.1. The molecular weight excluding hydrogens is 298 g/mol. The number of hydrogen-bond donors (Lipinski definition) is 0. The van der Waals surface area contributed by atoms with Crippen molar-refractivity contribution in [1.82, 2.24) is 19.3 Å². The lowest BCUT2D eigenvalue weighted by atomic mass is 10.1. The minimum Gasteiger partial charge on any atom is -0.473 e. The summed E-state index contributed by atoms with van der Waals surface area (Å²) >= 11 is 1.49. The van der Waals surface area contributed by atoms with E-state index in [-0.39, 0.29) is 6.10 Å². The summed E-state index contributed by atoms with van der Waals surface area (Å²) in [6, 6.07) is 0. The van der Waals surface area contributed by atoms with Gasteiger partial charge in [-0.1, -0.05) is 13.8 Å². The van der Waals surface area contributed by atoms with Crippen LogP contribution in [0, 0.1) is 6.92 Å². The van der Waals surface area contributed by atoms with E-state index in [0.29, 0.717) is 11.8 Å². The van der Waals surface area contributed by atoms with Crippen LogP contribution in [0.15, 0.2) is 12.4 Å². The van der Waals surface area contributed by atoms with Gasteiger partial charge in [-0.2, -0.15) is 4.37 Å². The summed E-state index contributed by atoms with van der Waals surface area (Å²) in [5.41, 5.74) is 0.880. The van der Waals surface area contributed by atoms with Gasteiger partial charge in [0.05, 0.1) is 11.9 Å². The Kier molecular flexibility index (Phi) is 4.52. The lowest BCUT2D eigenvalue weighted by molar-refractivity contribution is 0.163. The molecule has 118 valence electrons. The van der Waals surface area contributed by atoms with Gasteiger partial charge < -0.3 is 9.64 Å². The van der Waals surface area contributed by atoms with Crippen molar-refractivity contribution < 1.29 is 4.74 Å². The summed E-state index contributed by atoms with van der Waals surface area (Å²) in [5.74, 6) is 1.94. The first-order valence-electron chi connectivity index (χ1n) is 7.65. The highest BCUT2D eigenvalue weighted by Crippen LogP contribution is 2.25. The van der Waals surface area contributed by atoms with E-state index >= 15 is 0 Å². The second-order valence-corrected chi connectivity index (χ2v) is 6.62. The van der Waals surface area contributed by atoms with E-state index in [1.807, 2.05) is 6.92 Å². The molecule has 1 aliphatic heterocycles. The predicted molar refractivity (Wildman–Crippen MR) is 86.6 cm³/mol. The van der Waals surface area contributed by atoms with Crippen LogP contribution in [0.5, 0.6) is 5.88 Å². The maximum atomic E-state index is 5.93. The third-order valence-electron chi connectivity index (χ3n) is 3.68. The maximum Gasteiger partial charge on any atom is 0.232 e. The fourth-order valence-electron chi connectivity index (χ4n) is 2.42. The van der Waals surface area contributed by atoms with Crippen LogP contribution < -0.4 is 9.64 Å². The molecule has 1 aliphatic rings. The summed E-state index contributed by atoms with van der Waals surface area (Å²) in [7, 11) is 0. The van der Waals surface area contributed by atoms with Gasteiger partial charge in [0, 0.05) is 49.6 Å². The number of piperidine rings is 1. The van der Waals surface area contributed by atoms with Crippen LogP contribution in [0.4, 0.5) is 5.13 Å². The first-order chi connectivity index (χ1) is 10.6. The Morgan fingerprint density at radius 3 is 2.64 bits per heavy atom. The number of aromatic nitrogens is 4. The van der Waals surface area contributed by atoms with Gasteiger partial charge in [0.25, 0.3) is 0 Å². The van der Waals surface area contributed by atoms with E-state index in [2.05, 4.69) is 38.1 Å². The average molecular weight is 319 g/mol. The third kappa shape index (κ3) is 3.52. The molecule has 1 saturated heterocycles. The highest BCUT2D eigenvalue weighted by molar-refractivity contribution is 7.09. The Balaban J connectivity index is 1.55. The normalized spacial score (nSPS) is 16.3. The number of hydrogen-bond acceptors (Lipinski definition) is 7. The molecule has 0 amide bonds. The molecule has 0 atom stereocenters. The lowest BCUT2D eigenvalue weighted by Crippen LogP contribution is -2.38. The Morgan fingerprint density at radius 1 is 1.23 bits per heavy atom. The van der Waals surface area contributed by atoms with Crippen molar-refractivity contribution in [2.75, 3.05) is 18.0 Å². The molecule has 0 unspecified atom stereocenters. The molecule has 0 bridgehead atoms. The second kappa shape index (κ2) is 6.56. The minimum absolute atomic E-state index is 0.199. The van der Waals surface area contributed by atoms with Crippen molar-refractivity contribution in [3.05, 3.63) is 23.9 Å². The standard InChI is InChI=1S/C15H21N5OS/c1-10(2)14-18-15(22-19-14)20-6-4-12(5-7-20)21-13-9-16-8-11(3)17-13/h8-10,12H,4-7H2,1-3H3. The molecule has 6 nitrogen and oxygen atoms in total. The van der Waals surface area contributed by atoms with Gasteiger partial charge in [-0.25, -0.2) is 9.97 Å². The first-order valence-corrected chi connectivity index (χ1v) is 8.43. The van der Waals surface area contributed by atoms with Gasteiger partial charge in [-0.15, -0.1) is 0 Å². The Bertz CT molecular complexity index is 622. The largest absolute Gasteiger partial charge is 0.473 e. The van der Waals surface area contributed by atoms with Crippen LogP contribution in [0.1, 0.15) is 44.1 Å². The van der Waals surface area contributed by atoms with Crippen molar-refractivity contribution in [3.8, 4) is 5.88 Å². The fraction of sp³-hybridized carbons (Fsp3) is 0.600. The number of nitrogens with zero attached hydrogens (tertiary/aromatic N) is 5. The number of rotatable bonds is 4. The molecule has 0 aliphatic carbocycles. The lowest BCUT2D eigenvalue weighted by Gasteiger charge is -2.31. The van der Waals surface area contributed by atoms with Crippen LogP contribution in [-0.4, -0.2) is 38.5 Å². The average Bonchev–Trinajstić information content (AvgIpc) is 2.98. The molecule has 0 N–H and O–H groups in total. The SMILES string of the molecule is Cc1cncc(OC2CCN(c3nc(C(C)C)ns3)CC2)n1. The summed E-state index contributed by atoms with van der Waals surface area (Å²) < 4.78 is 10.4. The predicted octanol–water partition coefficient (Wildman–Crippen LogP) is 2.81. The van der Waals surface area contributed by atoms with Gasteiger partial charge >= 0.3 is 0 Å². The van der Waals surface area contributed by atoms with Crippen molar-refractivity contribution in [2.45, 2.75) is 45.6 Å². The summed E-state index contributed by atoms with van der Waals surface area (Å²) in [5, 5.41) is 1.03. The van der Waals surface area contributed by atoms with Crippen LogP contribution in [0.2, 0.25) is 0 Å². The first kappa shape index (κ1) is 15.1. The topological polar surface area (TPSA) is 64.0 Å². The molecule has 3 heterocycles. The van der Waals surface area contributed by atoms with Crippen LogP contribution >= 0.6 is 11.5 Å². The van der Waals surface area contributed by atoms with Crippen LogP contribution in [-0.2, 0) is 0 Å². The van der Waals surface area contributed by atoms with Crippen LogP contribution in [0.25, 0.3) is 0 Å². The molecule has 7 heteroatoms. The molecule has 2 aromatic heterocycles. The van der Waals surface area contributed by atoms with E-state index in [1.54, 1.807) is 12.4 Å². The molecule has 0 spiro atoms. The van der Waals surface area contributed by atoms with Crippen molar-refractivity contribution in [1.29, 1.82) is 0 Å². The van der Waals surface area contributed by atoms with E-state index < -0.39 is 0 Å². The van der Waals surface area contributed by atoms with Gasteiger partial charge in [0.2, 0.25) is 11.0 Å². The van der Waals surface area contributed by atoms with E-state index in [1.165, 1.54) is 11.5 Å². The molecule has 3 rings (SSSR count). The Hall–Kier alpha value is -1.76. The second-order valence-electron chi connectivity index (χ2n) is 5.89. The smallest absolute Gasteiger partial charge is 0.232 e. The Labute approximate surface area is 134 Å². The maximum absolute atomic E-state index is 5.93. The molecule has 0 aromatic carbocycles. The van der Waals surface area contributed by atoms with Gasteiger partial charge in [-0.3, -0.25) is 4.98 Å². The molecule has 1 fully saturated rings. The fourth-order valence-corrected chi connectivity index (χ4v) is 3.28. The number of ether oxygens (including phenoxy) is 1. The van der Waals surface area contributed by atoms with E-state index in [0.717, 1.165) is 42.6 Å². The Morgan fingerprint density at radius 2 is 2.00 bits per heavy atom. The van der Waals surface area contributed by atoms with Gasteiger partial charge in [-0.05, 0) is 6.92 Å². The molecule has 0 radical (unpaired) electrons. The van der Waals surface area contributed by atoms with E-state index in [9.17, 15) is 0 Å². The molecule has 22 heavy (non-hydrogen) atoms. The summed E-state index contributed by atoms with van der Waals surface area (Å²) in [6.07, 6.45) is 5.54. The molecule has 0 saturated carbocycles. The summed E-state index contributed by atoms with van der Waals surface area (Å²) in [4.78, 5) is 15.4. The van der Waals surface area contributed by atoms with E-state index in [4.69, 9.17) is 4.74 Å². The highest BCUT2D eigenvalue weighted by Gasteiger charge is 2.23. The zero-order chi connectivity index (χ0) is 15.5. The van der Waals surface area contributed by atoms with Crippen molar-refractivity contribution >= 4 is 16.7 Å². The zero-order valence-electron chi connectivity index (χ0n) is 13.2. The third-order valence-corrected chi connectivity index (χ3v) is 4.47. The monoisotopic (exact) mass is 319 g/mol.